The third-order valence-corrected chi connectivity index (χ3v) is 5.18. The summed E-state index contributed by atoms with van der Waals surface area (Å²) < 4.78 is 11.3. The summed E-state index contributed by atoms with van der Waals surface area (Å²) in [5, 5.41) is 6.96. The van der Waals surface area contributed by atoms with Crippen LogP contribution in [0, 0.1) is 0 Å². The molecule has 4 rings (SSSR count). The van der Waals surface area contributed by atoms with Crippen molar-refractivity contribution in [3.05, 3.63) is 60.2 Å². The normalized spacial score (nSPS) is 12.8. The van der Waals surface area contributed by atoms with E-state index in [4.69, 9.17) is 15.2 Å². The quantitative estimate of drug-likeness (QED) is 0.563. The van der Waals surface area contributed by atoms with Crippen molar-refractivity contribution in [2.75, 3.05) is 36.1 Å². The number of nitrogen functional groups attached to an aromatic ring is 1. The topological polar surface area (TPSA) is 106 Å². The molecule has 0 saturated carbocycles. The average molecular weight is 423 g/mol. The minimum atomic E-state index is -0.0854. The molecule has 0 radical (unpaired) electrons. The fourth-order valence-corrected chi connectivity index (χ4v) is 3.62. The smallest absolute Gasteiger partial charge is 0.237 e. The summed E-state index contributed by atoms with van der Waals surface area (Å²) >= 11 is 1.23. The summed E-state index contributed by atoms with van der Waals surface area (Å²) in [6.07, 6.45) is 3.95. The highest BCUT2D eigenvalue weighted by Gasteiger charge is 2.19. The lowest BCUT2D eigenvalue weighted by Gasteiger charge is -2.24. The van der Waals surface area contributed by atoms with Gasteiger partial charge in [0.05, 0.1) is 5.75 Å². The van der Waals surface area contributed by atoms with Crippen molar-refractivity contribution in [1.29, 1.82) is 0 Å². The molecule has 3 N–H and O–H groups in total. The first-order valence-corrected chi connectivity index (χ1v) is 10.4. The second-order valence-corrected chi connectivity index (χ2v) is 7.38. The van der Waals surface area contributed by atoms with E-state index in [-0.39, 0.29) is 17.6 Å². The Morgan fingerprint density at radius 1 is 1.17 bits per heavy atom. The third-order valence-electron chi connectivity index (χ3n) is 4.34. The molecule has 154 valence electrons. The molecule has 0 aliphatic carbocycles. The Labute approximate surface area is 178 Å². The molecule has 9 heteroatoms. The van der Waals surface area contributed by atoms with E-state index in [9.17, 15) is 4.79 Å². The number of rotatable bonds is 7. The number of nitrogens with one attached hydrogen (secondary N) is 1. The molecule has 8 nitrogen and oxygen atoms in total. The monoisotopic (exact) mass is 423 g/mol. The van der Waals surface area contributed by atoms with E-state index in [1.54, 1.807) is 4.90 Å². The largest absolute Gasteiger partial charge is 0.486 e. The molecule has 0 bridgehead atoms. The van der Waals surface area contributed by atoms with Crippen LogP contribution in [-0.2, 0) is 4.79 Å². The first-order chi connectivity index (χ1) is 14.7. The van der Waals surface area contributed by atoms with Crippen LogP contribution in [0.3, 0.4) is 0 Å². The maximum absolute atomic E-state index is 13.0. The molecular weight excluding hydrogens is 402 g/mol. The summed E-state index contributed by atoms with van der Waals surface area (Å²) in [4.78, 5) is 18.8. The number of carbonyl (C=O) groups is 1. The van der Waals surface area contributed by atoms with Crippen LogP contribution in [0.4, 0.5) is 11.6 Å². The highest BCUT2D eigenvalue weighted by atomic mass is 32.2. The second kappa shape index (κ2) is 9.36. The fourth-order valence-electron chi connectivity index (χ4n) is 2.94. The minimum absolute atomic E-state index is 0.0854. The van der Waals surface area contributed by atoms with Crippen LogP contribution in [0.2, 0.25) is 0 Å². The van der Waals surface area contributed by atoms with Gasteiger partial charge in [0.2, 0.25) is 17.0 Å². The number of nitrogens with two attached hydrogens (primary N) is 1. The van der Waals surface area contributed by atoms with Gasteiger partial charge in [-0.15, -0.1) is 5.10 Å². The predicted octanol–water partition coefficient (Wildman–Crippen LogP) is 3.00. The molecule has 0 saturated heterocycles. The number of H-pyrrole nitrogens is 1. The van der Waals surface area contributed by atoms with Crippen molar-refractivity contribution in [3.8, 4) is 11.5 Å². The van der Waals surface area contributed by atoms with Crippen molar-refractivity contribution in [1.82, 2.24) is 15.2 Å². The van der Waals surface area contributed by atoms with E-state index in [2.05, 4.69) is 15.2 Å². The number of thioether (sulfide) groups is 1. The Kier molecular flexibility index (Phi) is 6.19. The summed E-state index contributed by atoms with van der Waals surface area (Å²) in [5.74, 6) is 1.63. The predicted molar refractivity (Wildman–Crippen MR) is 117 cm³/mol. The molecule has 1 aromatic heterocycles. The zero-order chi connectivity index (χ0) is 20.8. The van der Waals surface area contributed by atoms with Gasteiger partial charge in [-0.2, -0.15) is 4.98 Å². The summed E-state index contributed by atoms with van der Waals surface area (Å²) in [5.41, 5.74) is 7.35. The third kappa shape index (κ3) is 4.93. The Balaban J connectivity index is 1.52. The highest BCUT2D eigenvalue weighted by Crippen LogP contribution is 2.34. The molecule has 0 fully saturated rings. The van der Waals surface area contributed by atoms with E-state index in [0.29, 0.717) is 36.4 Å². The number of nitrogens with zero attached hydrogens (tertiary/aromatic N) is 3. The van der Waals surface area contributed by atoms with Crippen LogP contribution in [-0.4, -0.2) is 46.6 Å². The Hall–Kier alpha value is -3.46. The summed E-state index contributed by atoms with van der Waals surface area (Å²) in [6, 6.07) is 15.5. The summed E-state index contributed by atoms with van der Waals surface area (Å²) in [7, 11) is 0. The van der Waals surface area contributed by atoms with Gasteiger partial charge >= 0.3 is 0 Å². The maximum Gasteiger partial charge on any atom is 0.237 e. The van der Waals surface area contributed by atoms with E-state index in [1.807, 2.05) is 60.7 Å². The van der Waals surface area contributed by atoms with Crippen LogP contribution < -0.4 is 20.1 Å². The number of ether oxygens (including phenoxy) is 2. The number of fused-ring (bicyclic) bond motifs is 1. The van der Waals surface area contributed by atoms with Gasteiger partial charge in [0.15, 0.2) is 11.5 Å². The zero-order valence-electron chi connectivity index (χ0n) is 16.2. The lowest BCUT2D eigenvalue weighted by molar-refractivity contribution is -0.116. The van der Waals surface area contributed by atoms with E-state index < -0.39 is 0 Å². The van der Waals surface area contributed by atoms with E-state index in [0.717, 1.165) is 11.3 Å². The number of benzene rings is 2. The first kappa shape index (κ1) is 19.8. The molecule has 3 aromatic rings. The van der Waals surface area contributed by atoms with Crippen molar-refractivity contribution < 1.29 is 14.3 Å². The SMILES string of the molecule is Nc1nc(SCC(=O)N(C/C=C/c2ccccc2)c2ccc3c(c2)OCCO3)n[nH]1. The number of anilines is 2. The molecular formula is C21H21N5O3S. The van der Waals surface area contributed by atoms with Crippen molar-refractivity contribution in [2.24, 2.45) is 0 Å². The van der Waals surface area contributed by atoms with Crippen LogP contribution in [0.25, 0.3) is 6.08 Å². The lowest BCUT2D eigenvalue weighted by atomic mass is 10.2. The van der Waals surface area contributed by atoms with Crippen LogP contribution in [0.15, 0.2) is 59.8 Å². The first-order valence-electron chi connectivity index (χ1n) is 9.41. The van der Waals surface area contributed by atoms with Crippen LogP contribution in [0.1, 0.15) is 5.56 Å². The van der Waals surface area contributed by atoms with Gasteiger partial charge in [0.25, 0.3) is 0 Å². The van der Waals surface area contributed by atoms with Gasteiger partial charge in [-0.3, -0.25) is 4.79 Å². The number of hydrogen-bond donors (Lipinski definition) is 2. The zero-order valence-corrected chi connectivity index (χ0v) is 17.0. The molecule has 1 aliphatic heterocycles. The highest BCUT2D eigenvalue weighted by molar-refractivity contribution is 7.99. The number of amides is 1. The second-order valence-electron chi connectivity index (χ2n) is 6.44. The van der Waals surface area contributed by atoms with Gasteiger partial charge in [-0.1, -0.05) is 54.2 Å². The molecule has 0 unspecified atom stereocenters. The van der Waals surface area contributed by atoms with Gasteiger partial charge in [-0.05, 0) is 17.7 Å². The Morgan fingerprint density at radius 2 is 1.97 bits per heavy atom. The number of aromatic amines is 1. The van der Waals surface area contributed by atoms with E-state index >= 15 is 0 Å². The molecule has 2 aromatic carbocycles. The van der Waals surface area contributed by atoms with Gasteiger partial charge < -0.3 is 20.1 Å². The van der Waals surface area contributed by atoms with Crippen LogP contribution in [0.5, 0.6) is 11.5 Å². The number of aromatic nitrogens is 3. The maximum atomic E-state index is 13.0. The molecule has 1 aliphatic rings. The molecule has 30 heavy (non-hydrogen) atoms. The van der Waals surface area contributed by atoms with Crippen molar-refractivity contribution in [2.45, 2.75) is 5.16 Å². The molecule has 0 atom stereocenters. The lowest BCUT2D eigenvalue weighted by Crippen LogP contribution is -2.32. The van der Waals surface area contributed by atoms with Gasteiger partial charge in [-0.25, -0.2) is 5.10 Å². The Morgan fingerprint density at radius 3 is 2.73 bits per heavy atom. The van der Waals surface area contributed by atoms with Gasteiger partial charge in [0.1, 0.15) is 13.2 Å². The average Bonchev–Trinajstić information content (AvgIpc) is 3.20. The molecule has 0 spiro atoms. The standard InChI is InChI=1S/C21H21N5O3S/c22-20-23-21(25-24-20)30-14-19(27)26(10-4-7-15-5-2-1-3-6-15)16-8-9-17-18(13-16)29-12-11-28-17/h1-9,13H,10-12,14H2,(H3,22,23,24,25)/b7-4+. The van der Waals surface area contributed by atoms with Gasteiger partial charge in [0, 0.05) is 18.3 Å². The molecule has 1 amide bonds. The number of hydrogen-bond acceptors (Lipinski definition) is 7. The minimum Gasteiger partial charge on any atom is -0.486 e. The van der Waals surface area contributed by atoms with E-state index in [1.165, 1.54) is 11.8 Å². The molecule has 2 heterocycles. The fraction of sp³-hybridized carbons (Fsp3) is 0.190. The number of carbonyl (C=O) groups excluding carboxylic acids is 1. The van der Waals surface area contributed by atoms with Crippen molar-refractivity contribution >= 4 is 35.4 Å². The van der Waals surface area contributed by atoms with Crippen LogP contribution >= 0.6 is 11.8 Å². The Bertz CT molecular complexity index is 1040. The summed E-state index contributed by atoms with van der Waals surface area (Å²) in [6.45, 7) is 1.41. The van der Waals surface area contributed by atoms with Crippen molar-refractivity contribution in [3.63, 3.8) is 0 Å².